The number of methoxy groups -OCH3 is 1. The number of hydrogen-bond donors (Lipinski definition) is 1. The first-order valence-corrected chi connectivity index (χ1v) is 7.02. The number of rotatable bonds is 7. The van der Waals surface area contributed by atoms with Crippen molar-refractivity contribution in [3.05, 3.63) is 48.5 Å². The molecule has 0 radical (unpaired) electrons. The van der Waals surface area contributed by atoms with E-state index in [9.17, 15) is 4.79 Å². The van der Waals surface area contributed by atoms with Gasteiger partial charge in [-0.25, -0.2) is 0 Å². The van der Waals surface area contributed by atoms with Crippen molar-refractivity contribution in [2.75, 3.05) is 25.6 Å². The highest BCUT2D eigenvalue weighted by molar-refractivity contribution is 5.93. The lowest BCUT2D eigenvalue weighted by molar-refractivity contribution is -0.118. The lowest BCUT2D eigenvalue weighted by atomic mass is 10.3. The Morgan fingerprint density at radius 1 is 0.955 bits per heavy atom. The van der Waals surface area contributed by atoms with Crippen molar-refractivity contribution in [1.82, 2.24) is 0 Å². The van der Waals surface area contributed by atoms with Crippen LogP contribution in [0.5, 0.6) is 17.2 Å². The van der Waals surface area contributed by atoms with Gasteiger partial charge >= 0.3 is 0 Å². The van der Waals surface area contributed by atoms with E-state index >= 15 is 0 Å². The van der Waals surface area contributed by atoms with E-state index < -0.39 is 0 Å². The zero-order valence-electron chi connectivity index (χ0n) is 12.7. The standard InChI is InChI=1S/C17H19NO4/c1-3-21-15-10-6-7-11-16(15)22-12-17(19)18-13-8-4-5-9-14(13)20-2/h4-11H,3,12H2,1-2H3,(H,18,19). The molecule has 5 nitrogen and oxygen atoms in total. The zero-order chi connectivity index (χ0) is 15.8. The average molecular weight is 301 g/mol. The summed E-state index contributed by atoms with van der Waals surface area (Å²) < 4.78 is 16.2. The molecule has 0 aliphatic heterocycles. The van der Waals surface area contributed by atoms with Gasteiger partial charge < -0.3 is 19.5 Å². The van der Waals surface area contributed by atoms with Crippen molar-refractivity contribution >= 4 is 11.6 Å². The Balaban J connectivity index is 1.96. The molecule has 0 heterocycles. The van der Waals surface area contributed by atoms with Crippen molar-refractivity contribution in [2.45, 2.75) is 6.92 Å². The number of carbonyl (C=O) groups excluding carboxylic acids is 1. The first kappa shape index (κ1) is 15.7. The van der Waals surface area contributed by atoms with Crippen LogP contribution in [-0.4, -0.2) is 26.2 Å². The molecule has 0 saturated carbocycles. The van der Waals surface area contributed by atoms with E-state index in [1.807, 2.05) is 31.2 Å². The summed E-state index contributed by atoms with van der Waals surface area (Å²) in [5, 5.41) is 2.75. The largest absolute Gasteiger partial charge is 0.495 e. The summed E-state index contributed by atoms with van der Waals surface area (Å²) in [5.41, 5.74) is 0.608. The summed E-state index contributed by atoms with van der Waals surface area (Å²) in [6.07, 6.45) is 0. The molecule has 5 heteroatoms. The van der Waals surface area contributed by atoms with Crippen LogP contribution in [0, 0.1) is 0 Å². The highest BCUT2D eigenvalue weighted by Crippen LogP contribution is 2.26. The smallest absolute Gasteiger partial charge is 0.262 e. The maximum Gasteiger partial charge on any atom is 0.262 e. The molecule has 0 saturated heterocycles. The van der Waals surface area contributed by atoms with Crippen LogP contribution in [0.1, 0.15) is 6.92 Å². The topological polar surface area (TPSA) is 56.8 Å². The van der Waals surface area contributed by atoms with Gasteiger partial charge in [-0.15, -0.1) is 0 Å². The minimum atomic E-state index is -0.268. The monoisotopic (exact) mass is 301 g/mol. The van der Waals surface area contributed by atoms with Crippen LogP contribution in [0.3, 0.4) is 0 Å². The summed E-state index contributed by atoms with van der Waals surface area (Å²) in [6.45, 7) is 2.32. The number of hydrogen-bond acceptors (Lipinski definition) is 4. The van der Waals surface area contributed by atoms with Crippen LogP contribution < -0.4 is 19.5 Å². The van der Waals surface area contributed by atoms with E-state index in [-0.39, 0.29) is 12.5 Å². The second-order valence-electron chi connectivity index (χ2n) is 4.42. The molecule has 0 aliphatic rings. The maximum atomic E-state index is 12.0. The van der Waals surface area contributed by atoms with Crippen LogP contribution in [-0.2, 0) is 4.79 Å². The highest BCUT2D eigenvalue weighted by Gasteiger charge is 2.09. The quantitative estimate of drug-likeness (QED) is 0.853. The van der Waals surface area contributed by atoms with Gasteiger partial charge in [-0.3, -0.25) is 4.79 Å². The third kappa shape index (κ3) is 4.15. The average Bonchev–Trinajstić information content (AvgIpc) is 2.55. The van der Waals surface area contributed by atoms with Gasteiger partial charge in [0.25, 0.3) is 5.91 Å². The fraction of sp³-hybridized carbons (Fsp3) is 0.235. The molecule has 0 atom stereocenters. The molecular formula is C17H19NO4. The second kappa shape index (κ2) is 7.93. The van der Waals surface area contributed by atoms with E-state index in [0.717, 1.165) is 0 Å². The number of carbonyl (C=O) groups is 1. The minimum absolute atomic E-state index is 0.109. The lowest BCUT2D eigenvalue weighted by Crippen LogP contribution is -2.20. The summed E-state index contributed by atoms with van der Waals surface area (Å²) >= 11 is 0. The van der Waals surface area contributed by atoms with Gasteiger partial charge in [0.1, 0.15) is 5.75 Å². The molecule has 2 rings (SSSR count). The molecule has 0 spiro atoms. The fourth-order valence-corrected chi connectivity index (χ4v) is 1.92. The van der Waals surface area contributed by atoms with Crippen molar-refractivity contribution < 1.29 is 19.0 Å². The van der Waals surface area contributed by atoms with Crippen molar-refractivity contribution in [2.24, 2.45) is 0 Å². The van der Waals surface area contributed by atoms with Gasteiger partial charge in [0, 0.05) is 0 Å². The van der Waals surface area contributed by atoms with Crippen LogP contribution in [0.4, 0.5) is 5.69 Å². The van der Waals surface area contributed by atoms with E-state index in [1.165, 1.54) is 0 Å². The first-order valence-electron chi connectivity index (χ1n) is 7.02. The van der Waals surface area contributed by atoms with Crippen LogP contribution in [0.25, 0.3) is 0 Å². The molecule has 116 valence electrons. The fourth-order valence-electron chi connectivity index (χ4n) is 1.92. The Hall–Kier alpha value is -2.69. The Bertz CT molecular complexity index is 628. The predicted molar refractivity (Wildman–Crippen MR) is 84.7 cm³/mol. The number of ether oxygens (including phenoxy) is 3. The molecule has 0 aromatic heterocycles. The van der Waals surface area contributed by atoms with Crippen molar-refractivity contribution in [3.63, 3.8) is 0 Å². The Morgan fingerprint density at radius 2 is 1.55 bits per heavy atom. The van der Waals surface area contributed by atoms with Crippen molar-refractivity contribution in [1.29, 1.82) is 0 Å². The lowest BCUT2D eigenvalue weighted by Gasteiger charge is -2.12. The molecule has 1 amide bonds. The van der Waals surface area contributed by atoms with E-state index in [1.54, 1.807) is 31.4 Å². The molecule has 0 fully saturated rings. The van der Waals surface area contributed by atoms with Crippen molar-refractivity contribution in [3.8, 4) is 17.2 Å². The summed E-state index contributed by atoms with van der Waals surface area (Å²) in [7, 11) is 1.56. The Labute approximate surface area is 129 Å². The highest BCUT2D eigenvalue weighted by atomic mass is 16.5. The van der Waals surface area contributed by atoms with E-state index in [0.29, 0.717) is 29.5 Å². The molecule has 22 heavy (non-hydrogen) atoms. The first-order chi connectivity index (χ1) is 10.7. The van der Waals surface area contributed by atoms with Gasteiger partial charge in [0.05, 0.1) is 19.4 Å². The van der Waals surface area contributed by atoms with Gasteiger partial charge in [-0.1, -0.05) is 24.3 Å². The Morgan fingerprint density at radius 3 is 2.18 bits per heavy atom. The molecular weight excluding hydrogens is 282 g/mol. The summed E-state index contributed by atoms with van der Waals surface area (Å²) in [4.78, 5) is 12.0. The normalized spacial score (nSPS) is 9.91. The third-order valence-corrected chi connectivity index (χ3v) is 2.89. The number of para-hydroxylation sites is 4. The molecule has 0 bridgehead atoms. The predicted octanol–water partition coefficient (Wildman–Crippen LogP) is 3.11. The van der Waals surface area contributed by atoms with Gasteiger partial charge in [0.15, 0.2) is 18.1 Å². The Kier molecular flexibility index (Phi) is 5.65. The van der Waals surface area contributed by atoms with Gasteiger partial charge in [-0.05, 0) is 31.2 Å². The van der Waals surface area contributed by atoms with Crippen LogP contribution >= 0.6 is 0 Å². The van der Waals surface area contributed by atoms with Gasteiger partial charge in [-0.2, -0.15) is 0 Å². The van der Waals surface area contributed by atoms with Crippen LogP contribution in [0.15, 0.2) is 48.5 Å². The third-order valence-electron chi connectivity index (χ3n) is 2.89. The van der Waals surface area contributed by atoms with E-state index in [2.05, 4.69) is 5.32 Å². The van der Waals surface area contributed by atoms with Crippen LogP contribution in [0.2, 0.25) is 0 Å². The molecule has 2 aromatic rings. The summed E-state index contributed by atoms with van der Waals surface area (Å²) in [6, 6.07) is 14.5. The maximum absolute atomic E-state index is 12.0. The summed E-state index contributed by atoms with van der Waals surface area (Å²) in [5.74, 6) is 1.50. The minimum Gasteiger partial charge on any atom is -0.495 e. The second-order valence-corrected chi connectivity index (χ2v) is 4.42. The molecule has 2 aromatic carbocycles. The van der Waals surface area contributed by atoms with E-state index in [4.69, 9.17) is 14.2 Å². The number of amides is 1. The molecule has 0 aliphatic carbocycles. The number of benzene rings is 2. The number of nitrogens with one attached hydrogen (secondary N) is 1. The van der Waals surface area contributed by atoms with Gasteiger partial charge in [0.2, 0.25) is 0 Å². The SMILES string of the molecule is CCOc1ccccc1OCC(=O)Nc1ccccc1OC. The molecule has 0 unspecified atom stereocenters. The number of anilines is 1. The zero-order valence-corrected chi connectivity index (χ0v) is 12.7. The molecule has 1 N–H and O–H groups in total.